The first-order valence-electron chi connectivity index (χ1n) is 6.29. The molecule has 0 N–H and O–H groups in total. The second-order valence-electron chi connectivity index (χ2n) is 4.71. The first kappa shape index (κ1) is 15.4. The van der Waals surface area contributed by atoms with Crippen molar-refractivity contribution in [3.05, 3.63) is 15.4 Å². The van der Waals surface area contributed by atoms with Crippen LogP contribution in [0.3, 0.4) is 0 Å². The Labute approximate surface area is 126 Å². The average molecular weight is 368 g/mol. The fourth-order valence-corrected chi connectivity index (χ4v) is 6.00. The van der Waals surface area contributed by atoms with Crippen LogP contribution in [-0.4, -0.2) is 39.0 Å². The summed E-state index contributed by atoms with van der Waals surface area (Å²) in [4.78, 5) is 0. The molecule has 0 amide bonds. The predicted molar refractivity (Wildman–Crippen MR) is 80.1 cm³/mol. The summed E-state index contributed by atoms with van der Waals surface area (Å²) in [6.07, 6.45) is 0.944. The van der Waals surface area contributed by atoms with Crippen LogP contribution in [0.5, 0.6) is 0 Å². The molecule has 0 radical (unpaired) electrons. The van der Waals surface area contributed by atoms with Crippen LogP contribution in [0.15, 0.2) is 14.1 Å². The molecule has 2 heterocycles. The maximum Gasteiger partial charge on any atom is 0.252 e. The molecule has 0 saturated carbocycles. The SMILES string of the molecule is CCN(CC1CCOC1)S(=O)(=O)c1cc(C)c(Br)s1. The Bertz CT molecular complexity index is 516. The van der Waals surface area contributed by atoms with E-state index in [0.29, 0.717) is 29.8 Å². The van der Waals surface area contributed by atoms with E-state index in [4.69, 9.17) is 4.74 Å². The lowest BCUT2D eigenvalue weighted by Crippen LogP contribution is -2.35. The highest BCUT2D eigenvalue weighted by Gasteiger charge is 2.29. The van der Waals surface area contributed by atoms with Crippen molar-refractivity contribution in [1.29, 1.82) is 0 Å². The lowest BCUT2D eigenvalue weighted by Gasteiger charge is -2.22. The Balaban J connectivity index is 2.20. The van der Waals surface area contributed by atoms with Crippen LogP contribution in [0.25, 0.3) is 0 Å². The fourth-order valence-electron chi connectivity index (χ4n) is 2.10. The minimum absolute atomic E-state index is 0.319. The summed E-state index contributed by atoms with van der Waals surface area (Å²) < 4.78 is 33.4. The Morgan fingerprint density at radius 3 is 2.79 bits per heavy atom. The topological polar surface area (TPSA) is 46.6 Å². The number of thiophene rings is 1. The van der Waals surface area contributed by atoms with Crippen molar-refractivity contribution in [1.82, 2.24) is 4.31 Å². The number of ether oxygens (including phenoxy) is 1. The van der Waals surface area contributed by atoms with Crippen LogP contribution in [-0.2, 0) is 14.8 Å². The van der Waals surface area contributed by atoms with Gasteiger partial charge in [0, 0.05) is 19.7 Å². The van der Waals surface area contributed by atoms with Gasteiger partial charge in [0.15, 0.2) is 0 Å². The van der Waals surface area contributed by atoms with Crippen molar-refractivity contribution >= 4 is 37.3 Å². The summed E-state index contributed by atoms with van der Waals surface area (Å²) in [6, 6.07) is 1.73. The maximum atomic E-state index is 12.6. The van der Waals surface area contributed by atoms with Gasteiger partial charge in [0.05, 0.1) is 10.4 Å². The highest BCUT2D eigenvalue weighted by molar-refractivity contribution is 9.11. The second kappa shape index (κ2) is 6.22. The molecule has 19 heavy (non-hydrogen) atoms. The molecule has 0 aliphatic carbocycles. The molecule has 1 atom stereocenters. The molecule has 1 aromatic heterocycles. The summed E-state index contributed by atoms with van der Waals surface area (Å²) >= 11 is 4.66. The number of hydrogen-bond donors (Lipinski definition) is 0. The number of aryl methyl sites for hydroxylation is 1. The molecule has 2 rings (SSSR count). The van der Waals surface area contributed by atoms with E-state index in [2.05, 4.69) is 15.9 Å². The molecule has 1 aliphatic heterocycles. The minimum Gasteiger partial charge on any atom is -0.381 e. The average Bonchev–Trinajstić information content (AvgIpc) is 2.97. The van der Waals surface area contributed by atoms with Gasteiger partial charge < -0.3 is 4.74 Å². The Kier molecular flexibility index (Phi) is 5.05. The van der Waals surface area contributed by atoms with Crippen LogP contribution in [0.2, 0.25) is 0 Å². The summed E-state index contributed by atoms with van der Waals surface area (Å²) in [5.74, 6) is 0.319. The molecule has 4 nitrogen and oxygen atoms in total. The summed E-state index contributed by atoms with van der Waals surface area (Å²) in [7, 11) is -3.37. The van der Waals surface area contributed by atoms with Crippen molar-refractivity contribution < 1.29 is 13.2 Å². The molecule has 0 spiro atoms. The van der Waals surface area contributed by atoms with Crippen LogP contribution >= 0.6 is 27.3 Å². The monoisotopic (exact) mass is 367 g/mol. The second-order valence-corrected chi connectivity index (χ2v) is 9.24. The van der Waals surface area contributed by atoms with Crippen molar-refractivity contribution in [2.24, 2.45) is 5.92 Å². The minimum atomic E-state index is -3.37. The van der Waals surface area contributed by atoms with Gasteiger partial charge in [0.25, 0.3) is 10.0 Å². The smallest absolute Gasteiger partial charge is 0.252 e. The van der Waals surface area contributed by atoms with Gasteiger partial charge in [-0.1, -0.05) is 6.92 Å². The van der Waals surface area contributed by atoms with E-state index in [-0.39, 0.29) is 0 Å². The van der Waals surface area contributed by atoms with Crippen LogP contribution in [0, 0.1) is 12.8 Å². The van der Waals surface area contributed by atoms with Crippen molar-refractivity contribution in [3.63, 3.8) is 0 Å². The maximum absolute atomic E-state index is 12.6. The highest BCUT2D eigenvalue weighted by Crippen LogP contribution is 2.32. The normalized spacial score (nSPS) is 20.3. The molecule has 0 aromatic carbocycles. The van der Waals surface area contributed by atoms with E-state index in [1.165, 1.54) is 11.3 Å². The number of halogens is 1. The number of hydrogen-bond acceptors (Lipinski definition) is 4. The van der Waals surface area contributed by atoms with Gasteiger partial charge in [-0.25, -0.2) is 8.42 Å². The quantitative estimate of drug-likeness (QED) is 0.803. The van der Waals surface area contributed by atoms with Crippen molar-refractivity contribution in [2.75, 3.05) is 26.3 Å². The van der Waals surface area contributed by atoms with Crippen molar-refractivity contribution in [2.45, 2.75) is 24.5 Å². The lowest BCUT2D eigenvalue weighted by molar-refractivity contribution is 0.181. The summed E-state index contributed by atoms with van der Waals surface area (Å²) in [6.45, 7) is 6.23. The molecule has 108 valence electrons. The lowest BCUT2D eigenvalue weighted by atomic mass is 10.1. The molecule has 7 heteroatoms. The molecular weight excluding hydrogens is 350 g/mol. The largest absolute Gasteiger partial charge is 0.381 e. The van der Waals surface area contributed by atoms with E-state index < -0.39 is 10.0 Å². The van der Waals surface area contributed by atoms with E-state index in [9.17, 15) is 8.42 Å². The zero-order valence-electron chi connectivity index (χ0n) is 11.1. The Morgan fingerprint density at radius 2 is 2.32 bits per heavy atom. The molecule has 1 unspecified atom stereocenters. The molecule has 1 aliphatic rings. The van der Waals surface area contributed by atoms with Gasteiger partial charge in [0.1, 0.15) is 4.21 Å². The van der Waals surface area contributed by atoms with E-state index in [1.54, 1.807) is 10.4 Å². The number of sulfonamides is 1. The van der Waals surface area contributed by atoms with Gasteiger partial charge >= 0.3 is 0 Å². The zero-order valence-corrected chi connectivity index (χ0v) is 14.3. The fraction of sp³-hybridized carbons (Fsp3) is 0.667. The van der Waals surface area contributed by atoms with Gasteiger partial charge in [-0.2, -0.15) is 4.31 Å². The molecule has 1 aromatic rings. The third-order valence-electron chi connectivity index (χ3n) is 3.27. The third-order valence-corrected chi connectivity index (χ3v) is 7.79. The standard InChI is InChI=1S/C12H18BrNO3S2/c1-3-14(7-10-4-5-17-8-10)19(15,16)11-6-9(2)12(13)18-11/h6,10H,3-5,7-8H2,1-2H3. The number of rotatable bonds is 5. The predicted octanol–water partition coefficient (Wildman–Crippen LogP) is 2.87. The van der Waals surface area contributed by atoms with E-state index in [0.717, 1.165) is 22.4 Å². The van der Waals surface area contributed by atoms with Crippen LogP contribution in [0.4, 0.5) is 0 Å². The molecule has 0 bridgehead atoms. The Hall–Kier alpha value is 0.0500. The first-order valence-corrected chi connectivity index (χ1v) is 9.34. The molecular formula is C12H18BrNO3S2. The van der Waals surface area contributed by atoms with Gasteiger partial charge in [-0.15, -0.1) is 11.3 Å². The summed E-state index contributed by atoms with van der Waals surface area (Å²) in [5.41, 5.74) is 0.962. The highest BCUT2D eigenvalue weighted by atomic mass is 79.9. The van der Waals surface area contributed by atoms with Crippen LogP contribution < -0.4 is 0 Å². The summed E-state index contributed by atoms with van der Waals surface area (Å²) in [5, 5.41) is 0. The first-order chi connectivity index (χ1) is 8.95. The van der Waals surface area contributed by atoms with Gasteiger partial charge in [0.2, 0.25) is 0 Å². The van der Waals surface area contributed by atoms with Crippen molar-refractivity contribution in [3.8, 4) is 0 Å². The van der Waals surface area contributed by atoms with E-state index in [1.807, 2.05) is 13.8 Å². The molecule has 1 saturated heterocycles. The van der Waals surface area contributed by atoms with Crippen LogP contribution in [0.1, 0.15) is 18.9 Å². The third kappa shape index (κ3) is 3.39. The van der Waals surface area contributed by atoms with E-state index >= 15 is 0 Å². The number of nitrogens with zero attached hydrogens (tertiary/aromatic N) is 1. The van der Waals surface area contributed by atoms with Gasteiger partial charge in [-0.3, -0.25) is 0 Å². The molecule has 1 fully saturated rings. The zero-order chi connectivity index (χ0) is 14.0. The Morgan fingerprint density at radius 1 is 1.58 bits per heavy atom. The van der Waals surface area contributed by atoms with Gasteiger partial charge in [-0.05, 0) is 46.8 Å².